The number of hydrogen-bond donors (Lipinski definition) is 0. The second-order valence-electron chi connectivity index (χ2n) is 4.50. The number of hydrogen-bond acceptors (Lipinski definition) is 3. The van der Waals surface area contributed by atoms with Gasteiger partial charge in [0.15, 0.2) is 0 Å². The summed E-state index contributed by atoms with van der Waals surface area (Å²) < 4.78 is 6.88. The molecule has 0 aliphatic rings. The summed E-state index contributed by atoms with van der Waals surface area (Å²) >= 11 is 11.3. The fourth-order valence-electron chi connectivity index (χ4n) is 0.909. The van der Waals surface area contributed by atoms with Gasteiger partial charge in [-0.15, -0.1) is 5.10 Å². The standard InChI is InChI=1S/C8H15Cl2N3OSi/c1-15(2,3)5-4-14-6-13-8(10)11-7(9)12-13/h4-6H2,1-3H3. The minimum Gasteiger partial charge on any atom is -0.359 e. The molecule has 0 saturated carbocycles. The second-order valence-corrected chi connectivity index (χ2v) is 10.8. The molecule has 86 valence electrons. The monoisotopic (exact) mass is 267 g/mol. The van der Waals surface area contributed by atoms with Crippen LogP contribution < -0.4 is 0 Å². The Balaban J connectivity index is 2.29. The molecule has 0 radical (unpaired) electrons. The van der Waals surface area contributed by atoms with Crippen molar-refractivity contribution in [2.24, 2.45) is 0 Å². The Morgan fingerprint density at radius 2 is 2.00 bits per heavy atom. The van der Waals surface area contributed by atoms with Crippen molar-refractivity contribution in [3.63, 3.8) is 0 Å². The zero-order valence-electron chi connectivity index (χ0n) is 9.13. The smallest absolute Gasteiger partial charge is 0.243 e. The Labute approximate surface area is 101 Å². The number of nitrogens with zero attached hydrogens (tertiary/aromatic N) is 3. The first-order valence-electron chi connectivity index (χ1n) is 4.72. The van der Waals surface area contributed by atoms with Crippen LogP contribution in [0.3, 0.4) is 0 Å². The summed E-state index contributed by atoms with van der Waals surface area (Å²) in [6.45, 7) is 7.94. The molecule has 0 saturated heterocycles. The zero-order chi connectivity index (χ0) is 11.5. The number of ether oxygens (including phenoxy) is 1. The minimum atomic E-state index is -1.03. The van der Waals surface area contributed by atoms with Crippen molar-refractivity contribution < 1.29 is 4.74 Å². The van der Waals surface area contributed by atoms with E-state index in [1.807, 2.05) is 0 Å². The van der Waals surface area contributed by atoms with Gasteiger partial charge in [0.25, 0.3) is 0 Å². The van der Waals surface area contributed by atoms with Crippen molar-refractivity contribution in [2.75, 3.05) is 6.61 Å². The fourth-order valence-corrected chi connectivity index (χ4v) is 2.05. The predicted molar refractivity (Wildman–Crippen MR) is 64.1 cm³/mol. The Morgan fingerprint density at radius 1 is 1.33 bits per heavy atom. The summed E-state index contributed by atoms with van der Waals surface area (Å²) in [6.07, 6.45) is 0. The van der Waals surface area contributed by atoms with E-state index in [4.69, 9.17) is 27.9 Å². The normalized spacial score (nSPS) is 12.1. The van der Waals surface area contributed by atoms with Crippen LogP contribution in [0.2, 0.25) is 36.3 Å². The van der Waals surface area contributed by atoms with Crippen LogP contribution in [0.4, 0.5) is 0 Å². The van der Waals surface area contributed by atoms with E-state index in [1.165, 1.54) is 4.68 Å². The lowest BCUT2D eigenvalue weighted by Crippen LogP contribution is -2.22. The minimum absolute atomic E-state index is 0.147. The van der Waals surface area contributed by atoms with Gasteiger partial charge in [0, 0.05) is 14.7 Å². The molecule has 1 heterocycles. The first-order valence-corrected chi connectivity index (χ1v) is 9.18. The first kappa shape index (κ1) is 13.0. The van der Waals surface area contributed by atoms with E-state index in [9.17, 15) is 0 Å². The van der Waals surface area contributed by atoms with Crippen molar-refractivity contribution in [2.45, 2.75) is 32.4 Å². The van der Waals surface area contributed by atoms with E-state index in [-0.39, 0.29) is 10.6 Å². The van der Waals surface area contributed by atoms with Gasteiger partial charge in [-0.25, -0.2) is 4.68 Å². The van der Waals surface area contributed by atoms with Gasteiger partial charge in [-0.3, -0.25) is 0 Å². The Bertz CT molecular complexity index is 324. The van der Waals surface area contributed by atoms with E-state index < -0.39 is 8.07 Å². The molecule has 4 nitrogen and oxygen atoms in total. The van der Waals surface area contributed by atoms with Crippen molar-refractivity contribution in [1.29, 1.82) is 0 Å². The third-order valence-corrected chi connectivity index (χ3v) is 3.95. The highest BCUT2D eigenvalue weighted by atomic mass is 35.5. The van der Waals surface area contributed by atoms with Crippen LogP contribution in [0.1, 0.15) is 0 Å². The molecule has 0 aliphatic heterocycles. The Morgan fingerprint density at radius 3 is 2.47 bits per heavy atom. The van der Waals surface area contributed by atoms with Gasteiger partial charge >= 0.3 is 0 Å². The van der Waals surface area contributed by atoms with E-state index in [1.54, 1.807) is 0 Å². The second kappa shape index (κ2) is 5.29. The molecule has 1 aromatic heterocycles. The predicted octanol–water partition coefficient (Wildman–Crippen LogP) is 2.90. The average Bonchev–Trinajstić information content (AvgIpc) is 2.37. The Kier molecular flexibility index (Phi) is 4.57. The SMILES string of the molecule is C[Si](C)(C)CCOCn1nc(Cl)nc1Cl. The maximum atomic E-state index is 5.75. The molecule has 1 rings (SSSR count). The van der Waals surface area contributed by atoms with Gasteiger partial charge in [0.2, 0.25) is 10.6 Å². The van der Waals surface area contributed by atoms with Crippen LogP contribution in [0.25, 0.3) is 0 Å². The van der Waals surface area contributed by atoms with Gasteiger partial charge in [-0.05, 0) is 29.2 Å². The molecule has 0 N–H and O–H groups in total. The first-order chi connectivity index (χ1) is 6.88. The average molecular weight is 268 g/mol. The van der Waals surface area contributed by atoms with Crippen LogP contribution in [-0.4, -0.2) is 29.4 Å². The molecule has 0 aliphatic carbocycles. The van der Waals surface area contributed by atoms with Crippen LogP contribution in [0.5, 0.6) is 0 Å². The molecule has 0 atom stereocenters. The quantitative estimate of drug-likeness (QED) is 0.609. The van der Waals surface area contributed by atoms with Gasteiger partial charge < -0.3 is 4.74 Å². The topological polar surface area (TPSA) is 39.9 Å². The lowest BCUT2D eigenvalue weighted by molar-refractivity contribution is 0.0786. The molecule has 0 amide bonds. The largest absolute Gasteiger partial charge is 0.359 e. The molecular formula is C8H15Cl2N3OSi. The highest BCUT2D eigenvalue weighted by molar-refractivity contribution is 6.76. The zero-order valence-corrected chi connectivity index (χ0v) is 11.6. The summed E-state index contributed by atoms with van der Waals surface area (Å²) in [5.74, 6) is 0. The van der Waals surface area contributed by atoms with E-state index in [0.717, 1.165) is 12.7 Å². The van der Waals surface area contributed by atoms with Crippen molar-refractivity contribution in [1.82, 2.24) is 14.8 Å². The van der Waals surface area contributed by atoms with Crippen LogP contribution in [0.15, 0.2) is 0 Å². The summed E-state index contributed by atoms with van der Waals surface area (Å²) in [5.41, 5.74) is 0. The van der Waals surface area contributed by atoms with Crippen LogP contribution >= 0.6 is 23.2 Å². The van der Waals surface area contributed by atoms with E-state index >= 15 is 0 Å². The number of halogens is 2. The molecular weight excluding hydrogens is 253 g/mol. The van der Waals surface area contributed by atoms with Gasteiger partial charge in [-0.1, -0.05) is 19.6 Å². The van der Waals surface area contributed by atoms with Crippen molar-refractivity contribution in [3.05, 3.63) is 10.6 Å². The molecule has 1 aromatic rings. The molecule has 0 unspecified atom stereocenters. The Hall–Kier alpha value is -0.103. The summed E-state index contributed by atoms with van der Waals surface area (Å²) in [6, 6.07) is 1.12. The van der Waals surface area contributed by atoms with Gasteiger partial charge in [0.05, 0.1) is 0 Å². The fraction of sp³-hybridized carbons (Fsp3) is 0.750. The van der Waals surface area contributed by atoms with Crippen LogP contribution in [-0.2, 0) is 11.5 Å². The highest BCUT2D eigenvalue weighted by Crippen LogP contribution is 2.11. The molecule has 7 heteroatoms. The van der Waals surface area contributed by atoms with Crippen LogP contribution in [0, 0.1) is 0 Å². The van der Waals surface area contributed by atoms with Crippen molar-refractivity contribution >= 4 is 31.3 Å². The van der Waals surface area contributed by atoms with Gasteiger partial charge in [0.1, 0.15) is 6.73 Å². The molecule has 0 fully saturated rings. The van der Waals surface area contributed by atoms with E-state index in [2.05, 4.69) is 29.7 Å². The number of rotatable bonds is 5. The molecule has 0 aromatic carbocycles. The lowest BCUT2D eigenvalue weighted by Gasteiger charge is -2.15. The molecule has 0 bridgehead atoms. The molecule has 15 heavy (non-hydrogen) atoms. The third kappa shape index (κ3) is 4.97. The number of aromatic nitrogens is 3. The summed E-state index contributed by atoms with van der Waals surface area (Å²) in [5, 5.41) is 4.27. The third-order valence-electron chi connectivity index (χ3n) is 1.81. The summed E-state index contributed by atoms with van der Waals surface area (Å²) in [4.78, 5) is 3.75. The molecule has 0 spiro atoms. The summed E-state index contributed by atoms with van der Waals surface area (Å²) in [7, 11) is -1.03. The maximum absolute atomic E-state index is 5.75. The van der Waals surface area contributed by atoms with E-state index in [0.29, 0.717) is 6.73 Å². The van der Waals surface area contributed by atoms with Crippen molar-refractivity contribution in [3.8, 4) is 0 Å². The lowest BCUT2D eigenvalue weighted by atomic mass is 10.8. The van der Waals surface area contributed by atoms with Gasteiger partial charge in [-0.2, -0.15) is 4.98 Å². The highest BCUT2D eigenvalue weighted by Gasteiger charge is 2.12. The maximum Gasteiger partial charge on any atom is 0.243 e.